The van der Waals surface area contributed by atoms with Crippen molar-refractivity contribution in [3.63, 3.8) is 0 Å². The Hall–Kier alpha value is -1.93. The van der Waals surface area contributed by atoms with Crippen LogP contribution in [0.1, 0.15) is 12.1 Å². The number of aromatic amines is 1. The number of halogens is 3. The minimum absolute atomic E-state index is 0.0873. The minimum Gasteiger partial charge on any atom is -0.282 e. The smallest absolute Gasteiger partial charge is 0.245 e. The first-order chi connectivity index (χ1) is 13.3. The lowest BCUT2D eigenvalue weighted by Gasteiger charge is -2.18. The molecule has 1 aromatic heterocycles. The summed E-state index contributed by atoms with van der Waals surface area (Å²) in [5.41, 5.74) is 2.15. The summed E-state index contributed by atoms with van der Waals surface area (Å²) in [5, 5.41) is 7.27. The largest absolute Gasteiger partial charge is 0.282 e. The highest BCUT2D eigenvalue weighted by atomic mass is 35.5. The van der Waals surface area contributed by atoms with Crippen molar-refractivity contribution in [1.29, 1.82) is 0 Å². The zero-order valence-corrected chi connectivity index (χ0v) is 17.3. The SMILES string of the molecule is CN(CCCc1cc(-c2cccc(F)c2)n[nH]1)S(=O)(=O)c1c(Cl)cccc1Cl. The summed E-state index contributed by atoms with van der Waals surface area (Å²) in [4.78, 5) is -0.0873. The zero-order chi connectivity index (χ0) is 20.3. The van der Waals surface area contributed by atoms with Crippen LogP contribution in [0.3, 0.4) is 0 Å². The summed E-state index contributed by atoms with van der Waals surface area (Å²) in [7, 11) is -2.31. The molecular weight excluding hydrogens is 424 g/mol. The summed E-state index contributed by atoms with van der Waals surface area (Å²) in [6.45, 7) is 0.276. The number of sulfonamides is 1. The van der Waals surface area contributed by atoms with Crippen molar-refractivity contribution in [3.8, 4) is 11.3 Å². The molecule has 0 fully saturated rings. The van der Waals surface area contributed by atoms with Gasteiger partial charge >= 0.3 is 0 Å². The maximum Gasteiger partial charge on any atom is 0.245 e. The monoisotopic (exact) mass is 441 g/mol. The van der Waals surface area contributed by atoms with Crippen molar-refractivity contribution in [1.82, 2.24) is 14.5 Å². The molecule has 0 aliphatic carbocycles. The van der Waals surface area contributed by atoms with E-state index in [1.807, 2.05) is 6.07 Å². The second kappa shape index (κ2) is 8.61. The van der Waals surface area contributed by atoms with Crippen molar-refractivity contribution in [2.45, 2.75) is 17.7 Å². The molecule has 0 spiro atoms. The van der Waals surface area contributed by atoms with Gasteiger partial charge in [-0.05, 0) is 43.2 Å². The van der Waals surface area contributed by atoms with Crippen LogP contribution in [0.25, 0.3) is 11.3 Å². The molecule has 0 radical (unpaired) electrons. The van der Waals surface area contributed by atoms with E-state index in [1.54, 1.807) is 18.2 Å². The van der Waals surface area contributed by atoms with Crippen LogP contribution in [0.2, 0.25) is 10.0 Å². The Labute approximate surface area is 173 Å². The van der Waals surface area contributed by atoms with Crippen molar-refractivity contribution < 1.29 is 12.8 Å². The van der Waals surface area contributed by atoms with E-state index in [2.05, 4.69) is 10.2 Å². The lowest BCUT2D eigenvalue weighted by atomic mass is 10.1. The van der Waals surface area contributed by atoms with Crippen LogP contribution in [0.5, 0.6) is 0 Å². The Balaban J connectivity index is 1.64. The predicted molar refractivity (Wildman–Crippen MR) is 109 cm³/mol. The van der Waals surface area contributed by atoms with Crippen LogP contribution in [0.15, 0.2) is 53.4 Å². The Kier molecular flexibility index (Phi) is 6.40. The Morgan fingerprint density at radius 3 is 2.46 bits per heavy atom. The number of aromatic nitrogens is 2. The summed E-state index contributed by atoms with van der Waals surface area (Å²) in [6.07, 6.45) is 1.14. The standard InChI is InChI=1S/C19H18Cl2FN3O2S/c1-25(28(26,27)19-16(20)8-3-9-17(19)21)10-4-7-15-12-18(24-23-15)13-5-2-6-14(22)11-13/h2-3,5-6,8-9,11-12H,4,7,10H2,1H3,(H,23,24). The zero-order valence-electron chi connectivity index (χ0n) is 15.0. The first-order valence-electron chi connectivity index (χ1n) is 8.49. The molecule has 0 aliphatic rings. The average Bonchev–Trinajstić information content (AvgIpc) is 3.10. The van der Waals surface area contributed by atoms with Gasteiger partial charge in [-0.1, -0.05) is 41.4 Å². The number of hydrogen-bond donors (Lipinski definition) is 1. The number of nitrogens with one attached hydrogen (secondary N) is 1. The minimum atomic E-state index is -3.80. The van der Waals surface area contributed by atoms with Crippen molar-refractivity contribution in [2.75, 3.05) is 13.6 Å². The lowest BCUT2D eigenvalue weighted by molar-refractivity contribution is 0.460. The number of benzene rings is 2. The Morgan fingerprint density at radius 1 is 1.11 bits per heavy atom. The van der Waals surface area contributed by atoms with Crippen molar-refractivity contribution in [3.05, 3.63) is 70.1 Å². The van der Waals surface area contributed by atoms with Gasteiger partial charge in [0.05, 0.1) is 15.7 Å². The van der Waals surface area contributed by atoms with Crippen LogP contribution < -0.4 is 0 Å². The van der Waals surface area contributed by atoms with Gasteiger partial charge in [0.1, 0.15) is 10.7 Å². The summed E-state index contributed by atoms with van der Waals surface area (Å²) in [5.74, 6) is -0.327. The third kappa shape index (κ3) is 4.55. The number of aryl methyl sites for hydroxylation is 1. The summed E-state index contributed by atoms with van der Waals surface area (Å²) in [6, 6.07) is 12.6. The van der Waals surface area contributed by atoms with Gasteiger partial charge in [-0.25, -0.2) is 17.1 Å². The molecule has 0 saturated carbocycles. The van der Waals surface area contributed by atoms with Gasteiger partial charge in [0.2, 0.25) is 10.0 Å². The highest BCUT2D eigenvalue weighted by Crippen LogP contribution is 2.31. The maximum absolute atomic E-state index is 13.3. The highest BCUT2D eigenvalue weighted by molar-refractivity contribution is 7.89. The van der Waals surface area contributed by atoms with Gasteiger partial charge in [-0.15, -0.1) is 0 Å². The number of H-pyrrole nitrogens is 1. The Bertz CT molecular complexity index is 1070. The van der Waals surface area contributed by atoms with Crippen molar-refractivity contribution >= 4 is 33.2 Å². The molecule has 5 nitrogen and oxygen atoms in total. The normalized spacial score (nSPS) is 11.9. The molecule has 3 aromatic rings. The molecule has 1 heterocycles. The second-order valence-corrected chi connectivity index (χ2v) is 9.07. The molecule has 28 heavy (non-hydrogen) atoms. The van der Waals surface area contributed by atoms with Gasteiger partial charge in [0.15, 0.2) is 0 Å². The first-order valence-corrected chi connectivity index (χ1v) is 10.7. The molecule has 9 heteroatoms. The van der Waals surface area contributed by atoms with Crippen LogP contribution in [-0.4, -0.2) is 36.5 Å². The van der Waals surface area contributed by atoms with Crippen LogP contribution in [-0.2, 0) is 16.4 Å². The van der Waals surface area contributed by atoms with E-state index in [9.17, 15) is 12.8 Å². The fourth-order valence-electron chi connectivity index (χ4n) is 2.78. The molecule has 0 bridgehead atoms. The van der Waals surface area contributed by atoms with Crippen LogP contribution in [0, 0.1) is 5.82 Å². The molecule has 148 valence electrons. The van der Waals surface area contributed by atoms with E-state index in [0.717, 1.165) is 5.69 Å². The first kappa shape index (κ1) is 20.8. The number of hydrogen-bond acceptors (Lipinski definition) is 3. The molecule has 2 aromatic carbocycles. The fraction of sp³-hybridized carbons (Fsp3) is 0.211. The topological polar surface area (TPSA) is 66.1 Å². The second-order valence-electron chi connectivity index (χ2n) is 6.27. The van der Waals surface area contributed by atoms with Gasteiger partial charge in [0, 0.05) is 24.8 Å². The lowest BCUT2D eigenvalue weighted by Crippen LogP contribution is -2.28. The van der Waals surface area contributed by atoms with E-state index < -0.39 is 10.0 Å². The van der Waals surface area contributed by atoms with E-state index in [-0.39, 0.29) is 27.3 Å². The maximum atomic E-state index is 13.3. The van der Waals surface area contributed by atoms with E-state index in [1.165, 1.54) is 35.6 Å². The molecule has 1 N–H and O–H groups in total. The molecule has 0 aliphatic heterocycles. The average molecular weight is 442 g/mol. The van der Waals surface area contributed by atoms with Gasteiger partial charge in [-0.3, -0.25) is 5.10 Å². The van der Waals surface area contributed by atoms with Gasteiger partial charge < -0.3 is 0 Å². The van der Waals surface area contributed by atoms with E-state index >= 15 is 0 Å². The quantitative estimate of drug-likeness (QED) is 0.573. The molecule has 3 rings (SSSR count). The highest BCUT2D eigenvalue weighted by Gasteiger charge is 2.26. The third-order valence-electron chi connectivity index (χ3n) is 4.26. The molecule has 0 amide bonds. The molecule has 0 unspecified atom stereocenters. The van der Waals surface area contributed by atoms with E-state index in [4.69, 9.17) is 23.2 Å². The Morgan fingerprint density at radius 2 is 1.79 bits per heavy atom. The van der Waals surface area contributed by atoms with Gasteiger partial charge in [0.25, 0.3) is 0 Å². The van der Waals surface area contributed by atoms with Crippen LogP contribution in [0.4, 0.5) is 4.39 Å². The van der Waals surface area contributed by atoms with Crippen LogP contribution >= 0.6 is 23.2 Å². The fourth-order valence-corrected chi connectivity index (χ4v) is 5.08. The number of rotatable bonds is 7. The summed E-state index contributed by atoms with van der Waals surface area (Å²) >= 11 is 12.1. The third-order valence-corrected chi connectivity index (χ3v) is 7.07. The van der Waals surface area contributed by atoms with Crippen molar-refractivity contribution in [2.24, 2.45) is 0 Å². The number of nitrogens with zero attached hydrogens (tertiary/aromatic N) is 2. The molecule has 0 atom stereocenters. The van der Waals surface area contributed by atoms with Gasteiger partial charge in [-0.2, -0.15) is 5.10 Å². The predicted octanol–water partition coefficient (Wildman–Crippen LogP) is 4.78. The molecular formula is C19H18Cl2FN3O2S. The molecule has 0 saturated heterocycles. The summed E-state index contributed by atoms with van der Waals surface area (Å²) < 4.78 is 40.0. The van der Waals surface area contributed by atoms with E-state index in [0.29, 0.717) is 24.1 Å².